The second-order valence-corrected chi connectivity index (χ2v) is 3.79. The van der Waals surface area contributed by atoms with Crippen molar-refractivity contribution in [3.05, 3.63) is 35.0 Å². The molecule has 0 aliphatic heterocycles. The number of thiophene rings is 1. The highest BCUT2D eigenvalue weighted by molar-refractivity contribution is 7.13. The fourth-order valence-corrected chi connectivity index (χ4v) is 2.16. The highest BCUT2D eigenvalue weighted by Crippen LogP contribution is 2.29. The molecule has 0 unspecified atom stereocenters. The SMILES string of the molecule is Cc1csc(-c2c[nH]cc2C#N)c1. The molecule has 2 rings (SSSR count). The summed E-state index contributed by atoms with van der Waals surface area (Å²) < 4.78 is 0. The van der Waals surface area contributed by atoms with Gasteiger partial charge in [0.25, 0.3) is 0 Å². The van der Waals surface area contributed by atoms with E-state index in [2.05, 4.69) is 29.4 Å². The van der Waals surface area contributed by atoms with Crippen LogP contribution in [-0.4, -0.2) is 4.98 Å². The van der Waals surface area contributed by atoms with Crippen molar-refractivity contribution >= 4 is 11.3 Å². The van der Waals surface area contributed by atoms with Crippen molar-refractivity contribution in [2.45, 2.75) is 6.92 Å². The number of aryl methyl sites for hydroxylation is 1. The van der Waals surface area contributed by atoms with Crippen LogP contribution in [0.1, 0.15) is 11.1 Å². The average molecular weight is 188 g/mol. The Morgan fingerprint density at radius 3 is 2.92 bits per heavy atom. The van der Waals surface area contributed by atoms with Crippen LogP contribution in [0.15, 0.2) is 23.8 Å². The fourth-order valence-electron chi connectivity index (χ4n) is 1.23. The lowest BCUT2D eigenvalue weighted by molar-refractivity contribution is 1.40. The third-order valence-electron chi connectivity index (χ3n) is 1.86. The van der Waals surface area contributed by atoms with Gasteiger partial charge in [-0.1, -0.05) is 0 Å². The lowest BCUT2D eigenvalue weighted by Crippen LogP contribution is -1.71. The van der Waals surface area contributed by atoms with E-state index >= 15 is 0 Å². The molecule has 0 atom stereocenters. The van der Waals surface area contributed by atoms with E-state index in [1.807, 2.05) is 6.20 Å². The van der Waals surface area contributed by atoms with Crippen molar-refractivity contribution in [1.82, 2.24) is 4.98 Å². The summed E-state index contributed by atoms with van der Waals surface area (Å²) in [7, 11) is 0. The predicted octanol–water partition coefficient (Wildman–Crippen LogP) is 2.92. The Bertz CT molecular complexity index is 459. The topological polar surface area (TPSA) is 39.6 Å². The van der Waals surface area contributed by atoms with Crippen LogP contribution in [0.4, 0.5) is 0 Å². The van der Waals surface area contributed by atoms with Crippen LogP contribution in [0.3, 0.4) is 0 Å². The van der Waals surface area contributed by atoms with Gasteiger partial charge in [-0.05, 0) is 23.9 Å². The second-order valence-electron chi connectivity index (χ2n) is 2.88. The van der Waals surface area contributed by atoms with Crippen LogP contribution >= 0.6 is 11.3 Å². The lowest BCUT2D eigenvalue weighted by atomic mass is 10.2. The van der Waals surface area contributed by atoms with Gasteiger partial charge in [0.2, 0.25) is 0 Å². The van der Waals surface area contributed by atoms with Crippen molar-refractivity contribution in [2.75, 3.05) is 0 Å². The lowest BCUT2D eigenvalue weighted by Gasteiger charge is -1.90. The summed E-state index contributed by atoms with van der Waals surface area (Å²) in [6, 6.07) is 4.25. The van der Waals surface area contributed by atoms with Crippen LogP contribution in [0, 0.1) is 18.3 Å². The van der Waals surface area contributed by atoms with Gasteiger partial charge in [-0.25, -0.2) is 0 Å². The molecule has 0 aliphatic carbocycles. The Labute approximate surface area is 80.5 Å². The van der Waals surface area contributed by atoms with E-state index in [-0.39, 0.29) is 0 Å². The third kappa shape index (κ3) is 1.36. The summed E-state index contributed by atoms with van der Waals surface area (Å²) in [5.74, 6) is 0. The molecule has 0 aliphatic rings. The van der Waals surface area contributed by atoms with Crippen molar-refractivity contribution in [1.29, 1.82) is 5.26 Å². The first-order chi connectivity index (χ1) is 6.31. The highest BCUT2D eigenvalue weighted by Gasteiger charge is 2.06. The van der Waals surface area contributed by atoms with Crippen molar-refractivity contribution in [3.8, 4) is 16.5 Å². The van der Waals surface area contributed by atoms with E-state index in [4.69, 9.17) is 5.26 Å². The zero-order valence-electron chi connectivity index (χ0n) is 7.16. The summed E-state index contributed by atoms with van der Waals surface area (Å²) in [4.78, 5) is 4.09. The summed E-state index contributed by atoms with van der Waals surface area (Å²) in [5, 5.41) is 10.9. The molecule has 0 spiro atoms. The smallest absolute Gasteiger partial charge is 0.101 e. The van der Waals surface area contributed by atoms with Gasteiger partial charge in [-0.2, -0.15) is 5.26 Å². The molecular weight excluding hydrogens is 180 g/mol. The zero-order chi connectivity index (χ0) is 9.26. The average Bonchev–Trinajstić information content (AvgIpc) is 2.71. The first kappa shape index (κ1) is 8.09. The summed E-state index contributed by atoms with van der Waals surface area (Å²) in [6.07, 6.45) is 3.59. The monoisotopic (exact) mass is 188 g/mol. The molecule has 0 saturated carbocycles. The van der Waals surface area contributed by atoms with E-state index in [9.17, 15) is 0 Å². The van der Waals surface area contributed by atoms with Crippen LogP contribution in [0.5, 0.6) is 0 Å². The van der Waals surface area contributed by atoms with Crippen LogP contribution in [0.25, 0.3) is 10.4 Å². The molecule has 0 fully saturated rings. The standard InChI is InChI=1S/C10H8N2S/c1-7-2-10(13-6-7)9-5-12-4-8(9)3-11/h2,4-6,12H,1H3. The number of hydrogen-bond acceptors (Lipinski definition) is 2. The molecule has 0 bridgehead atoms. The normalized spacial score (nSPS) is 9.85. The van der Waals surface area contributed by atoms with Gasteiger partial charge in [0.05, 0.1) is 5.56 Å². The number of nitriles is 1. The number of rotatable bonds is 1. The Balaban J connectivity index is 2.53. The van der Waals surface area contributed by atoms with Crippen LogP contribution < -0.4 is 0 Å². The zero-order valence-corrected chi connectivity index (χ0v) is 7.98. The second kappa shape index (κ2) is 3.08. The van der Waals surface area contributed by atoms with E-state index in [1.54, 1.807) is 17.5 Å². The molecule has 2 aromatic rings. The third-order valence-corrected chi connectivity index (χ3v) is 2.94. The first-order valence-corrected chi connectivity index (χ1v) is 4.81. The molecule has 0 amide bonds. The Morgan fingerprint density at radius 1 is 1.46 bits per heavy atom. The maximum Gasteiger partial charge on any atom is 0.101 e. The molecule has 64 valence electrons. The molecule has 2 heterocycles. The molecular formula is C10H8N2S. The Morgan fingerprint density at radius 2 is 2.31 bits per heavy atom. The minimum Gasteiger partial charge on any atom is -0.366 e. The van der Waals surface area contributed by atoms with E-state index in [0.717, 1.165) is 10.4 Å². The number of nitrogens with one attached hydrogen (secondary N) is 1. The van der Waals surface area contributed by atoms with Gasteiger partial charge < -0.3 is 4.98 Å². The summed E-state index contributed by atoms with van der Waals surface area (Å²) >= 11 is 1.67. The molecule has 3 heteroatoms. The number of aromatic nitrogens is 1. The maximum absolute atomic E-state index is 8.81. The summed E-state index contributed by atoms with van der Waals surface area (Å²) in [6.45, 7) is 2.05. The minimum atomic E-state index is 0.710. The Hall–Kier alpha value is -1.53. The number of H-pyrrole nitrogens is 1. The molecule has 2 aromatic heterocycles. The van der Waals surface area contributed by atoms with Crippen LogP contribution in [-0.2, 0) is 0 Å². The van der Waals surface area contributed by atoms with Crippen molar-refractivity contribution < 1.29 is 0 Å². The van der Waals surface area contributed by atoms with E-state index < -0.39 is 0 Å². The number of nitrogens with zero attached hydrogens (tertiary/aromatic N) is 1. The van der Waals surface area contributed by atoms with Crippen molar-refractivity contribution in [2.24, 2.45) is 0 Å². The molecule has 13 heavy (non-hydrogen) atoms. The van der Waals surface area contributed by atoms with Gasteiger partial charge in [-0.3, -0.25) is 0 Å². The highest BCUT2D eigenvalue weighted by atomic mass is 32.1. The fraction of sp³-hybridized carbons (Fsp3) is 0.100. The summed E-state index contributed by atoms with van der Waals surface area (Å²) in [5.41, 5.74) is 2.95. The number of aromatic amines is 1. The van der Waals surface area contributed by atoms with Gasteiger partial charge >= 0.3 is 0 Å². The largest absolute Gasteiger partial charge is 0.366 e. The molecule has 0 radical (unpaired) electrons. The maximum atomic E-state index is 8.81. The number of hydrogen-bond donors (Lipinski definition) is 1. The van der Waals surface area contributed by atoms with E-state index in [1.165, 1.54) is 5.56 Å². The van der Waals surface area contributed by atoms with Crippen molar-refractivity contribution in [3.63, 3.8) is 0 Å². The van der Waals surface area contributed by atoms with Gasteiger partial charge in [-0.15, -0.1) is 11.3 Å². The van der Waals surface area contributed by atoms with E-state index in [0.29, 0.717) is 5.56 Å². The minimum absolute atomic E-state index is 0.710. The van der Waals surface area contributed by atoms with Gasteiger partial charge in [0, 0.05) is 22.8 Å². The molecule has 1 N–H and O–H groups in total. The first-order valence-electron chi connectivity index (χ1n) is 3.93. The molecule has 2 nitrogen and oxygen atoms in total. The van der Waals surface area contributed by atoms with Crippen LogP contribution in [0.2, 0.25) is 0 Å². The van der Waals surface area contributed by atoms with Gasteiger partial charge in [0.15, 0.2) is 0 Å². The Kier molecular flexibility index (Phi) is 1.91. The molecule has 0 saturated heterocycles. The quantitative estimate of drug-likeness (QED) is 0.734. The molecule has 0 aromatic carbocycles. The predicted molar refractivity (Wildman–Crippen MR) is 53.6 cm³/mol. The van der Waals surface area contributed by atoms with Gasteiger partial charge in [0.1, 0.15) is 6.07 Å².